The van der Waals surface area contributed by atoms with Gasteiger partial charge in [-0.3, -0.25) is 4.79 Å². The highest BCUT2D eigenvalue weighted by molar-refractivity contribution is 5.95. The maximum atomic E-state index is 12.1. The van der Waals surface area contributed by atoms with Gasteiger partial charge in [0.1, 0.15) is 5.82 Å². The van der Waals surface area contributed by atoms with Gasteiger partial charge in [0.15, 0.2) is 0 Å². The molecule has 1 atom stereocenters. The van der Waals surface area contributed by atoms with Crippen LogP contribution in [0.15, 0.2) is 18.3 Å². The molecule has 1 aromatic rings. The van der Waals surface area contributed by atoms with Gasteiger partial charge in [-0.1, -0.05) is 0 Å². The largest absolute Gasteiger partial charge is 0.388 e. The highest BCUT2D eigenvalue weighted by Gasteiger charge is 2.34. The third-order valence-electron chi connectivity index (χ3n) is 2.89. The minimum absolute atomic E-state index is 0.110. The normalized spacial score (nSPS) is 23.8. The van der Waals surface area contributed by atoms with E-state index in [9.17, 15) is 9.90 Å². The number of carbonyl (C=O) groups is 1. The van der Waals surface area contributed by atoms with E-state index in [0.717, 1.165) is 0 Å². The molecule has 0 aromatic carbocycles. The first kappa shape index (κ1) is 11.8. The third-order valence-corrected chi connectivity index (χ3v) is 2.89. The van der Waals surface area contributed by atoms with E-state index in [0.29, 0.717) is 30.9 Å². The van der Waals surface area contributed by atoms with Crippen LogP contribution in [0.25, 0.3) is 0 Å². The highest BCUT2D eigenvalue weighted by Crippen LogP contribution is 2.22. The molecule has 1 fully saturated rings. The van der Waals surface area contributed by atoms with Crippen molar-refractivity contribution in [3.8, 4) is 0 Å². The van der Waals surface area contributed by atoms with Crippen LogP contribution in [0.5, 0.6) is 0 Å². The van der Waals surface area contributed by atoms with Gasteiger partial charge in [0.05, 0.1) is 5.60 Å². The van der Waals surface area contributed by atoms with E-state index in [-0.39, 0.29) is 5.91 Å². The average Bonchev–Trinajstić information content (AvgIpc) is 2.69. The number of anilines is 1. The summed E-state index contributed by atoms with van der Waals surface area (Å²) in [5.41, 5.74) is 2.14. The Kier molecular flexibility index (Phi) is 2.99. The van der Waals surface area contributed by atoms with Gasteiger partial charge in [0.25, 0.3) is 5.91 Å². The number of hydrazine groups is 1. The Morgan fingerprint density at radius 3 is 3.06 bits per heavy atom. The van der Waals surface area contributed by atoms with Crippen molar-refractivity contribution in [2.45, 2.75) is 18.9 Å². The Morgan fingerprint density at radius 1 is 1.71 bits per heavy atom. The molecule has 0 bridgehead atoms. The number of amides is 1. The number of aromatic nitrogens is 1. The molecule has 0 aliphatic carbocycles. The molecule has 1 amide bonds. The lowest BCUT2D eigenvalue weighted by Gasteiger charge is -2.19. The topological polar surface area (TPSA) is 91.5 Å². The van der Waals surface area contributed by atoms with Crippen LogP contribution < -0.4 is 11.3 Å². The minimum atomic E-state index is -0.780. The Bertz CT molecular complexity index is 433. The Morgan fingerprint density at radius 2 is 2.47 bits per heavy atom. The fraction of sp³-hybridized carbons (Fsp3) is 0.455. The van der Waals surface area contributed by atoms with Crippen molar-refractivity contribution in [2.24, 2.45) is 5.84 Å². The molecule has 2 heterocycles. The number of carbonyl (C=O) groups excluding carboxylic acids is 1. The molecular formula is C11H16N4O2. The molecule has 1 aliphatic heterocycles. The van der Waals surface area contributed by atoms with Crippen molar-refractivity contribution >= 4 is 11.7 Å². The van der Waals surface area contributed by atoms with E-state index >= 15 is 0 Å². The molecule has 0 radical (unpaired) electrons. The van der Waals surface area contributed by atoms with E-state index in [1.54, 1.807) is 24.0 Å². The average molecular weight is 236 g/mol. The number of pyridine rings is 1. The zero-order valence-corrected chi connectivity index (χ0v) is 9.68. The SMILES string of the molecule is CC1(O)CCN(C(=O)c2ccnc(NN)c2)C1. The molecular weight excluding hydrogens is 220 g/mol. The lowest BCUT2D eigenvalue weighted by molar-refractivity contribution is 0.0572. The standard InChI is InChI=1S/C11H16N4O2/c1-11(17)3-5-15(7-11)10(16)8-2-4-13-9(6-8)14-12/h2,4,6,17H,3,5,7,12H2,1H3,(H,13,14). The van der Waals surface area contributed by atoms with Crippen LogP contribution in [0.3, 0.4) is 0 Å². The summed E-state index contributed by atoms with van der Waals surface area (Å²) in [5, 5.41) is 9.82. The second-order valence-corrected chi connectivity index (χ2v) is 4.55. The molecule has 1 saturated heterocycles. The van der Waals surface area contributed by atoms with Gasteiger partial charge in [0, 0.05) is 24.8 Å². The van der Waals surface area contributed by atoms with Crippen LogP contribution in [-0.2, 0) is 0 Å². The Hall–Kier alpha value is -1.66. The van der Waals surface area contributed by atoms with Gasteiger partial charge in [-0.15, -0.1) is 0 Å². The number of likely N-dealkylation sites (tertiary alicyclic amines) is 1. The predicted octanol–water partition coefficient (Wildman–Crippen LogP) is -0.0359. The maximum Gasteiger partial charge on any atom is 0.254 e. The molecule has 1 unspecified atom stereocenters. The minimum Gasteiger partial charge on any atom is -0.388 e. The summed E-state index contributed by atoms with van der Waals surface area (Å²) in [4.78, 5) is 17.7. The van der Waals surface area contributed by atoms with Crippen LogP contribution in [-0.4, -0.2) is 39.6 Å². The van der Waals surface area contributed by atoms with E-state index in [4.69, 9.17) is 5.84 Å². The lowest BCUT2D eigenvalue weighted by atomic mass is 10.1. The quantitative estimate of drug-likeness (QED) is 0.495. The van der Waals surface area contributed by atoms with E-state index in [1.807, 2.05) is 0 Å². The zero-order valence-electron chi connectivity index (χ0n) is 9.68. The summed E-state index contributed by atoms with van der Waals surface area (Å²) in [6.07, 6.45) is 2.13. The molecule has 4 N–H and O–H groups in total. The molecule has 0 saturated carbocycles. The number of aliphatic hydroxyl groups is 1. The third kappa shape index (κ3) is 2.54. The molecule has 1 aliphatic rings. The van der Waals surface area contributed by atoms with Gasteiger partial charge in [-0.05, 0) is 25.5 Å². The summed E-state index contributed by atoms with van der Waals surface area (Å²) >= 11 is 0. The fourth-order valence-corrected chi connectivity index (χ4v) is 1.94. The fourth-order valence-electron chi connectivity index (χ4n) is 1.94. The molecule has 1 aromatic heterocycles. The summed E-state index contributed by atoms with van der Waals surface area (Å²) in [7, 11) is 0. The second kappa shape index (κ2) is 4.31. The Labute approximate surface area is 99.4 Å². The number of β-amino-alcohol motifs (C(OH)–C–C–N with tert-alkyl or cyclic N) is 1. The van der Waals surface area contributed by atoms with Crippen LogP contribution in [0, 0.1) is 0 Å². The number of hydrogen-bond acceptors (Lipinski definition) is 5. The van der Waals surface area contributed by atoms with Gasteiger partial charge in [-0.25, -0.2) is 10.8 Å². The van der Waals surface area contributed by atoms with Crippen molar-refractivity contribution in [3.63, 3.8) is 0 Å². The van der Waals surface area contributed by atoms with Crippen molar-refractivity contribution in [1.82, 2.24) is 9.88 Å². The van der Waals surface area contributed by atoms with Crippen LogP contribution in [0.1, 0.15) is 23.7 Å². The van der Waals surface area contributed by atoms with Gasteiger partial charge >= 0.3 is 0 Å². The van der Waals surface area contributed by atoms with Gasteiger partial charge in [-0.2, -0.15) is 0 Å². The first-order valence-electron chi connectivity index (χ1n) is 5.46. The highest BCUT2D eigenvalue weighted by atomic mass is 16.3. The first-order chi connectivity index (χ1) is 8.02. The van der Waals surface area contributed by atoms with Crippen LogP contribution in [0.4, 0.5) is 5.82 Å². The molecule has 6 nitrogen and oxygen atoms in total. The summed E-state index contributed by atoms with van der Waals surface area (Å²) < 4.78 is 0. The van der Waals surface area contributed by atoms with Crippen LogP contribution >= 0.6 is 0 Å². The number of nitrogens with zero attached hydrogens (tertiary/aromatic N) is 2. The monoisotopic (exact) mass is 236 g/mol. The Balaban J connectivity index is 2.15. The number of rotatable bonds is 2. The van der Waals surface area contributed by atoms with Gasteiger partial charge < -0.3 is 15.4 Å². The first-order valence-corrected chi connectivity index (χ1v) is 5.46. The molecule has 0 spiro atoms. The zero-order chi connectivity index (χ0) is 12.5. The van der Waals surface area contributed by atoms with Crippen LogP contribution in [0.2, 0.25) is 0 Å². The summed E-state index contributed by atoms with van der Waals surface area (Å²) in [5.74, 6) is 5.57. The smallest absolute Gasteiger partial charge is 0.254 e. The number of nitrogen functional groups attached to an aromatic ring is 1. The number of nitrogens with one attached hydrogen (secondary N) is 1. The van der Waals surface area contributed by atoms with E-state index < -0.39 is 5.60 Å². The predicted molar refractivity (Wildman–Crippen MR) is 63.2 cm³/mol. The molecule has 6 heteroatoms. The summed E-state index contributed by atoms with van der Waals surface area (Å²) in [6, 6.07) is 3.23. The molecule has 92 valence electrons. The van der Waals surface area contributed by atoms with Crippen molar-refractivity contribution in [2.75, 3.05) is 18.5 Å². The second-order valence-electron chi connectivity index (χ2n) is 4.55. The van der Waals surface area contributed by atoms with E-state index in [2.05, 4.69) is 10.4 Å². The molecule has 17 heavy (non-hydrogen) atoms. The van der Waals surface area contributed by atoms with E-state index in [1.165, 1.54) is 6.20 Å². The molecule has 2 rings (SSSR count). The number of nitrogens with two attached hydrogens (primary N) is 1. The lowest BCUT2D eigenvalue weighted by Crippen LogP contribution is -2.33. The van der Waals surface area contributed by atoms with Crippen molar-refractivity contribution < 1.29 is 9.90 Å². The summed E-state index contributed by atoms with van der Waals surface area (Å²) in [6.45, 7) is 2.67. The van der Waals surface area contributed by atoms with Crippen molar-refractivity contribution in [1.29, 1.82) is 0 Å². The van der Waals surface area contributed by atoms with Gasteiger partial charge in [0.2, 0.25) is 0 Å². The number of hydrogen-bond donors (Lipinski definition) is 3. The van der Waals surface area contributed by atoms with Crippen molar-refractivity contribution in [3.05, 3.63) is 23.9 Å². The maximum absolute atomic E-state index is 12.1.